The lowest BCUT2D eigenvalue weighted by Gasteiger charge is -2.25. The van der Waals surface area contributed by atoms with Gasteiger partial charge in [-0.15, -0.1) is 0 Å². The molecule has 6 nitrogen and oxygen atoms in total. The summed E-state index contributed by atoms with van der Waals surface area (Å²) in [5, 5.41) is 6.93. The van der Waals surface area contributed by atoms with Crippen LogP contribution in [-0.2, 0) is 22.7 Å². The van der Waals surface area contributed by atoms with Crippen molar-refractivity contribution in [3.05, 3.63) is 96.2 Å². The molecule has 200 valence electrons. The van der Waals surface area contributed by atoms with Gasteiger partial charge in [-0.05, 0) is 49.2 Å². The van der Waals surface area contributed by atoms with E-state index in [0.717, 1.165) is 25.0 Å². The SMILES string of the molecule is CCC(CC)Oc1cccc(N(Cc2c[nH]nc2-c2ccc(C(F)(F)F)cc2)S(=O)(=O)c2ccccc2)c1. The van der Waals surface area contributed by atoms with E-state index in [4.69, 9.17) is 4.74 Å². The minimum atomic E-state index is -4.46. The quantitative estimate of drug-likeness (QED) is 0.232. The number of hydrogen-bond donors (Lipinski definition) is 1. The topological polar surface area (TPSA) is 75.3 Å². The van der Waals surface area contributed by atoms with Crippen molar-refractivity contribution in [3.63, 3.8) is 0 Å². The molecular formula is C28H28F3N3O3S. The Balaban J connectivity index is 1.75. The van der Waals surface area contributed by atoms with Crippen molar-refractivity contribution < 1.29 is 26.3 Å². The number of hydrogen-bond acceptors (Lipinski definition) is 4. The van der Waals surface area contributed by atoms with E-state index in [1.807, 2.05) is 13.8 Å². The first-order chi connectivity index (χ1) is 18.1. The summed E-state index contributed by atoms with van der Waals surface area (Å²) < 4.78 is 74.1. The van der Waals surface area contributed by atoms with E-state index in [9.17, 15) is 21.6 Å². The normalized spacial score (nSPS) is 12.1. The Hall–Kier alpha value is -3.79. The zero-order chi connectivity index (χ0) is 27.3. The van der Waals surface area contributed by atoms with Crippen molar-refractivity contribution in [1.29, 1.82) is 0 Å². The molecular weight excluding hydrogens is 515 g/mol. The van der Waals surface area contributed by atoms with E-state index in [2.05, 4.69) is 10.2 Å². The third-order valence-corrected chi connectivity index (χ3v) is 7.96. The van der Waals surface area contributed by atoms with E-state index in [1.165, 1.54) is 28.6 Å². The number of rotatable bonds is 10. The number of nitrogens with one attached hydrogen (secondary N) is 1. The number of alkyl halides is 3. The summed E-state index contributed by atoms with van der Waals surface area (Å²) in [5.41, 5.74) is 0.891. The zero-order valence-electron chi connectivity index (χ0n) is 20.9. The Labute approximate surface area is 220 Å². The summed E-state index contributed by atoms with van der Waals surface area (Å²) in [6.45, 7) is 3.93. The number of aromatic amines is 1. The molecule has 1 heterocycles. The van der Waals surface area contributed by atoms with Gasteiger partial charge in [-0.25, -0.2) is 8.42 Å². The summed E-state index contributed by atoms with van der Waals surface area (Å²) in [4.78, 5) is 0.103. The van der Waals surface area contributed by atoms with Crippen LogP contribution in [0.5, 0.6) is 5.75 Å². The van der Waals surface area contributed by atoms with Crippen molar-refractivity contribution in [2.75, 3.05) is 4.31 Å². The van der Waals surface area contributed by atoms with Crippen molar-refractivity contribution in [2.24, 2.45) is 0 Å². The Morgan fingerprint density at radius 1 is 0.947 bits per heavy atom. The molecule has 0 aliphatic carbocycles. The van der Waals surface area contributed by atoms with Crippen LogP contribution in [0.4, 0.5) is 18.9 Å². The van der Waals surface area contributed by atoms with E-state index >= 15 is 0 Å². The average Bonchev–Trinajstić information content (AvgIpc) is 3.39. The minimum absolute atomic E-state index is 0.00965. The van der Waals surface area contributed by atoms with Gasteiger partial charge in [0.25, 0.3) is 10.0 Å². The Kier molecular flexibility index (Phi) is 8.11. The van der Waals surface area contributed by atoms with Gasteiger partial charge in [-0.3, -0.25) is 9.40 Å². The van der Waals surface area contributed by atoms with Crippen LogP contribution in [0.25, 0.3) is 11.3 Å². The molecule has 0 saturated heterocycles. The maximum absolute atomic E-state index is 13.8. The van der Waals surface area contributed by atoms with Gasteiger partial charge in [0, 0.05) is 23.4 Å². The third kappa shape index (κ3) is 6.02. The molecule has 0 unspecified atom stereocenters. The molecule has 0 amide bonds. The first-order valence-corrected chi connectivity index (χ1v) is 13.6. The molecule has 0 saturated carbocycles. The molecule has 3 aromatic carbocycles. The second-order valence-electron chi connectivity index (χ2n) is 8.71. The van der Waals surface area contributed by atoms with Gasteiger partial charge in [0.15, 0.2) is 0 Å². The molecule has 0 atom stereocenters. The number of H-pyrrole nitrogens is 1. The first kappa shape index (κ1) is 27.3. The van der Waals surface area contributed by atoms with Gasteiger partial charge in [-0.1, -0.05) is 50.2 Å². The molecule has 10 heteroatoms. The predicted octanol–water partition coefficient (Wildman–Crippen LogP) is 7.06. The molecule has 4 aromatic rings. The van der Waals surface area contributed by atoms with Crippen molar-refractivity contribution in [1.82, 2.24) is 10.2 Å². The van der Waals surface area contributed by atoms with Gasteiger partial charge in [0.05, 0.1) is 34.5 Å². The van der Waals surface area contributed by atoms with Crippen LogP contribution < -0.4 is 9.04 Å². The largest absolute Gasteiger partial charge is 0.490 e. The lowest BCUT2D eigenvalue weighted by molar-refractivity contribution is -0.137. The predicted molar refractivity (Wildman–Crippen MR) is 140 cm³/mol. The van der Waals surface area contributed by atoms with Crippen LogP contribution in [0.2, 0.25) is 0 Å². The van der Waals surface area contributed by atoms with Gasteiger partial charge in [-0.2, -0.15) is 18.3 Å². The molecule has 0 radical (unpaired) electrons. The van der Waals surface area contributed by atoms with Crippen molar-refractivity contribution >= 4 is 15.7 Å². The summed E-state index contributed by atoms with van der Waals surface area (Å²) in [7, 11) is -4.02. The van der Waals surface area contributed by atoms with E-state index in [1.54, 1.807) is 48.7 Å². The van der Waals surface area contributed by atoms with Crippen LogP contribution in [0.15, 0.2) is 90.0 Å². The van der Waals surface area contributed by atoms with E-state index < -0.39 is 21.8 Å². The van der Waals surface area contributed by atoms with Crippen LogP contribution in [0.1, 0.15) is 37.8 Å². The molecule has 0 spiro atoms. The molecule has 0 aliphatic rings. The maximum Gasteiger partial charge on any atom is 0.416 e. The van der Waals surface area contributed by atoms with Gasteiger partial charge >= 0.3 is 6.18 Å². The summed E-state index contributed by atoms with van der Waals surface area (Å²) in [6.07, 6.45) is -1.32. The van der Waals surface area contributed by atoms with Gasteiger partial charge < -0.3 is 4.74 Å². The van der Waals surface area contributed by atoms with Crippen LogP contribution >= 0.6 is 0 Å². The highest BCUT2D eigenvalue weighted by Gasteiger charge is 2.31. The fourth-order valence-electron chi connectivity index (χ4n) is 4.05. The number of ether oxygens (including phenoxy) is 1. The summed E-state index contributed by atoms with van der Waals surface area (Å²) in [6, 6.07) is 19.5. The van der Waals surface area contributed by atoms with Crippen molar-refractivity contribution in [3.8, 4) is 17.0 Å². The molecule has 0 aliphatic heterocycles. The first-order valence-electron chi connectivity index (χ1n) is 12.2. The highest BCUT2D eigenvalue weighted by atomic mass is 32.2. The van der Waals surface area contributed by atoms with Crippen LogP contribution in [0, 0.1) is 0 Å². The lowest BCUT2D eigenvalue weighted by Crippen LogP contribution is -2.30. The monoisotopic (exact) mass is 543 g/mol. The summed E-state index contributed by atoms with van der Waals surface area (Å²) in [5.74, 6) is 0.541. The fourth-order valence-corrected chi connectivity index (χ4v) is 5.51. The molecule has 1 N–H and O–H groups in total. The maximum atomic E-state index is 13.8. The number of sulfonamides is 1. The Morgan fingerprint density at radius 2 is 1.63 bits per heavy atom. The van der Waals surface area contributed by atoms with Gasteiger partial charge in [0.2, 0.25) is 0 Å². The highest BCUT2D eigenvalue weighted by molar-refractivity contribution is 7.92. The number of nitrogens with zero attached hydrogens (tertiary/aromatic N) is 2. The highest BCUT2D eigenvalue weighted by Crippen LogP contribution is 2.34. The molecule has 38 heavy (non-hydrogen) atoms. The third-order valence-electron chi connectivity index (χ3n) is 6.17. The zero-order valence-corrected chi connectivity index (χ0v) is 21.8. The lowest BCUT2D eigenvalue weighted by atomic mass is 10.1. The number of benzene rings is 3. The standard InChI is InChI=1S/C28H28F3N3O3S/c1-3-24(4-2)37-25-10-8-9-23(17-25)34(38(35,36)26-11-6-5-7-12-26)19-21-18-32-33-27(21)20-13-15-22(16-14-20)28(29,30)31/h5-18,24H,3-4,19H2,1-2H3,(H,32,33). The van der Waals surface area contributed by atoms with E-state index in [0.29, 0.717) is 28.3 Å². The van der Waals surface area contributed by atoms with Crippen LogP contribution in [-0.4, -0.2) is 24.7 Å². The van der Waals surface area contributed by atoms with Gasteiger partial charge in [0.1, 0.15) is 5.75 Å². The van der Waals surface area contributed by atoms with Crippen LogP contribution in [0.3, 0.4) is 0 Å². The smallest absolute Gasteiger partial charge is 0.416 e. The van der Waals surface area contributed by atoms with Crippen molar-refractivity contribution in [2.45, 2.75) is 50.4 Å². The molecule has 0 bridgehead atoms. The number of halogens is 3. The second-order valence-corrected chi connectivity index (χ2v) is 10.6. The second kappa shape index (κ2) is 11.3. The summed E-state index contributed by atoms with van der Waals surface area (Å²) >= 11 is 0. The number of anilines is 1. The van der Waals surface area contributed by atoms with E-state index in [-0.39, 0.29) is 17.5 Å². The molecule has 4 rings (SSSR count). The minimum Gasteiger partial charge on any atom is -0.490 e. The molecule has 1 aromatic heterocycles. The average molecular weight is 544 g/mol. The number of aromatic nitrogens is 2. The fraction of sp³-hybridized carbons (Fsp3) is 0.250. The Bertz CT molecular complexity index is 1450. The Morgan fingerprint density at radius 3 is 2.26 bits per heavy atom. The molecule has 0 fully saturated rings.